The summed E-state index contributed by atoms with van der Waals surface area (Å²) < 4.78 is 39.7. The van der Waals surface area contributed by atoms with Gasteiger partial charge in [-0.15, -0.1) is 0 Å². The van der Waals surface area contributed by atoms with Crippen molar-refractivity contribution in [2.45, 2.75) is 44.7 Å². The lowest BCUT2D eigenvalue weighted by molar-refractivity contribution is -0.145. The number of hydrogen-bond acceptors (Lipinski definition) is 4. The van der Waals surface area contributed by atoms with E-state index < -0.39 is 23.7 Å². The number of carbonyl (C=O) groups excluding carboxylic acids is 2. The summed E-state index contributed by atoms with van der Waals surface area (Å²) in [6, 6.07) is 40.5. The fourth-order valence-corrected chi connectivity index (χ4v) is 7.46. The molecule has 0 unspecified atom stereocenters. The van der Waals surface area contributed by atoms with Crippen molar-refractivity contribution in [1.82, 2.24) is 14.7 Å². The lowest BCUT2D eigenvalue weighted by Gasteiger charge is -2.39. The predicted molar refractivity (Wildman–Crippen MR) is 211 cm³/mol. The van der Waals surface area contributed by atoms with Crippen molar-refractivity contribution in [2.24, 2.45) is 0 Å². The maximum Gasteiger partial charge on any atom is 0.416 e. The topological polar surface area (TPSA) is 47.1 Å². The van der Waals surface area contributed by atoms with E-state index in [1.165, 1.54) is 41.0 Å². The molecule has 5 aromatic rings. The van der Waals surface area contributed by atoms with Crippen LogP contribution in [0.15, 0.2) is 140 Å². The molecule has 0 saturated carbocycles. The zero-order chi connectivity index (χ0) is 38.2. The molecule has 1 fully saturated rings. The molecule has 2 aliphatic rings. The molecule has 0 bridgehead atoms. The van der Waals surface area contributed by atoms with Gasteiger partial charge in [0.2, 0.25) is 11.8 Å². The quantitative estimate of drug-likeness (QED) is 0.128. The minimum atomic E-state index is -4.46. The van der Waals surface area contributed by atoms with E-state index in [-0.39, 0.29) is 12.5 Å². The van der Waals surface area contributed by atoms with Crippen LogP contribution in [0.25, 0.3) is 6.08 Å². The molecule has 9 heteroatoms. The van der Waals surface area contributed by atoms with Crippen LogP contribution in [0.1, 0.15) is 38.9 Å². The monoisotopic (exact) mass is 742 g/mol. The molecule has 5 aromatic carbocycles. The predicted octanol–water partition coefficient (Wildman–Crippen LogP) is 8.27. The summed E-state index contributed by atoms with van der Waals surface area (Å²) in [7, 11) is 0. The van der Waals surface area contributed by atoms with Crippen molar-refractivity contribution in [3.63, 3.8) is 0 Å². The molecule has 0 spiro atoms. The number of halogens is 3. The van der Waals surface area contributed by atoms with Gasteiger partial charge in [-0.05, 0) is 70.1 Å². The molecule has 1 saturated heterocycles. The molecule has 6 nitrogen and oxygen atoms in total. The molecule has 55 heavy (non-hydrogen) atoms. The fourth-order valence-electron chi connectivity index (χ4n) is 7.46. The zero-order valence-corrected chi connectivity index (χ0v) is 30.7. The van der Waals surface area contributed by atoms with Crippen molar-refractivity contribution in [1.29, 1.82) is 0 Å². The van der Waals surface area contributed by atoms with Crippen LogP contribution in [0.2, 0.25) is 0 Å². The van der Waals surface area contributed by atoms with Crippen LogP contribution in [0.4, 0.5) is 18.9 Å². The Morgan fingerprint density at radius 3 is 1.95 bits per heavy atom. The van der Waals surface area contributed by atoms with Gasteiger partial charge in [0, 0.05) is 70.5 Å². The number of anilines is 1. The summed E-state index contributed by atoms with van der Waals surface area (Å²) in [5, 5.41) is 0. The highest BCUT2D eigenvalue weighted by Gasteiger charge is 2.34. The van der Waals surface area contributed by atoms with Gasteiger partial charge >= 0.3 is 6.18 Å². The largest absolute Gasteiger partial charge is 0.416 e. The number of benzene rings is 5. The minimum absolute atomic E-state index is 0.122. The molecule has 0 aliphatic carbocycles. The van der Waals surface area contributed by atoms with E-state index in [1.54, 1.807) is 4.90 Å². The highest BCUT2D eigenvalue weighted by Crippen LogP contribution is 2.30. The Labute approximate surface area is 321 Å². The van der Waals surface area contributed by atoms with E-state index in [9.17, 15) is 22.8 Å². The van der Waals surface area contributed by atoms with E-state index >= 15 is 0 Å². The average Bonchev–Trinajstić information content (AvgIpc) is 3.22. The van der Waals surface area contributed by atoms with Gasteiger partial charge in [-0.1, -0.05) is 109 Å². The standard InChI is InChI=1S/C46H45F3N4O2/c47-46(48,49)41-20-15-35(16-21-41)19-24-44(54)53(33-38-17-22-42(23-18-38)52-26-25-39-13-7-8-14-40(39)34-52)43(31-36-9-3-1-4-10-36)45(55)51-29-27-50(28-30-51)32-37-11-5-2-6-12-37/h1-24,43H,25-34H2/t43-/m0/s1. The van der Waals surface area contributed by atoms with Crippen LogP contribution in [-0.4, -0.2) is 65.3 Å². The summed E-state index contributed by atoms with van der Waals surface area (Å²) in [6.07, 6.45) is -0.296. The normalized spacial score (nSPS) is 15.5. The molecule has 0 N–H and O–H groups in total. The number of piperazine rings is 1. The Kier molecular flexibility index (Phi) is 11.8. The first-order valence-corrected chi connectivity index (χ1v) is 18.9. The molecular weight excluding hydrogens is 698 g/mol. The molecule has 2 amide bonds. The van der Waals surface area contributed by atoms with Crippen molar-refractivity contribution in [2.75, 3.05) is 37.6 Å². The van der Waals surface area contributed by atoms with E-state index in [2.05, 4.69) is 58.3 Å². The summed E-state index contributed by atoms with van der Waals surface area (Å²) in [4.78, 5) is 37.1. The second-order valence-corrected chi connectivity index (χ2v) is 14.3. The second-order valence-electron chi connectivity index (χ2n) is 14.3. The third-order valence-corrected chi connectivity index (χ3v) is 10.6. The Bertz CT molecular complexity index is 2060. The van der Waals surface area contributed by atoms with Crippen LogP contribution < -0.4 is 4.90 Å². The molecule has 0 radical (unpaired) electrons. The minimum Gasteiger partial charge on any atom is -0.367 e. The summed E-state index contributed by atoms with van der Waals surface area (Å²) in [5.41, 5.74) is 6.49. The van der Waals surface area contributed by atoms with Crippen molar-refractivity contribution < 1.29 is 22.8 Å². The molecule has 2 heterocycles. The Morgan fingerprint density at radius 2 is 1.29 bits per heavy atom. The fraction of sp³-hybridized carbons (Fsp3) is 0.261. The average molecular weight is 743 g/mol. The van der Waals surface area contributed by atoms with E-state index in [1.807, 2.05) is 65.6 Å². The number of amides is 2. The third-order valence-electron chi connectivity index (χ3n) is 10.6. The SMILES string of the molecule is O=C([C@H](Cc1ccccc1)N(Cc1ccc(N2CCc3ccccc3C2)cc1)C(=O)C=Cc1ccc(C(F)(F)F)cc1)N1CCN(Cc2ccccc2)CC1. The van der Waals surface area contributed by atoms with Crippen LogP contribution in [0.5, 0.6) is 0 Å². The zero-order valence-electron chi connectivity index (χ0n) is 30.7. The molecule has 0 aromatic heterocycles. The molecule has 2 aliphatic heterocycles. The first-order valence-electron chi connectivity index (χ1n) is 18.9. The Balaban J connectivity index is 1.14. The summed E-state index contributed by atoms with van der Waals surface area (Å²) >= 11 is 0. The molecular formula is C46H45F3N4O2. The number of fused-ring (bicyclic) bond motifs is 1. The number of rotatable bonds is 11. The maximum atomic E-state index is 14.6. The first kappa shape index (κ1) is 37.6. The number of alkyl halides is 3. The van der Waals surface area contributed by atoms with Gasteiger partial charge in [0.25, 0.3) is 0 Å². The smallest absolute Gasteiger partial charge is 0.367 e. The van der Waals surface area contributed by atoms with Gasteiger partial charge in [-0.3, -0.25) is 14.5 Å². The lowest BCUT2D eigenvalue weighted by atomic mass is 9.99. The summed E-state index contributed by atoms with van der Waals surface area (Å²) in [6.45, 7) is 5.20. The van der Waals surface area contributed by atoms with Gasteiger partial charge in [-0.25, -0.2) is 0 Å². The van der Waals surface area contributed by atoms with E-state index in [4.69, 9.17) is 0 Å². The van der Waals surface area contributed by atoms with Gasteiger partial charge in [0.15, 0.2) is 0 Å². The van der Waals surface area contributed by atoms with Crippen LogP contribution in [0.3, 0.4) is 0 Å². The van der Waals surface area contributed by atoms with E-state index in [0.29, 0.717) is 38.2 Å². The van der Waals surface area contributed by atoms with Gasteiger partial charge < -0.3 is 14.7 Å². The molecule has 1 atom stereocenters. The van der Waals surface area contributed by atoms with Crippen molar-refractivity contribution >= 4 is 23.6 Å². The number of carbonyl (C=O) groups is 2. The Morgan fingerprint density at radius 1 is 0.673 bits per heavy atom. The van der Waals surface area contributed by atoms with Gasteiger partial charge in [-0.2, -0.15) is 13.2 Å². The van der Waals surface area contributed by atoms with E-state index in [0.717, 1.165) is 55.0 Å². The third kappa shape index (κ3) is 9.72. The molecule has 282 valence electrons. The van der Waals surface area contributed by atoms with Crippen LogP contribution in [-0.2, 0) is 48.2 Å². The van der Waals surface area contributed by atoms with Crippen LogP contribution in [0, 0.1) is 0 Å². The summed E-state index contributed by atoms with van der Waals surface area (Å²) in [5.74, 6) is -0.517. The highest BCUT2D eigenvalue weighted by atomic mass is 19.4. The highest BCUT2D eigenvalue weighted by molar-refractivity contribution is 5.95. The lowest BCUT2D eigenvalue weighted by Crippen LogP contribution is -2.56. The van der Waals surface area contributed by atoms with Crippen molar-refractivity contribution in [3.05, 3.63) is 178 Å². The second kappa shape index (κ2) is 17.2. The Hall–Kier alpha value is -5.67. The van der Waals surface area contributed by atoms with Gasteiger partial charge in [0.1, 0.15) is 6.04 Å². The van der Waals surface area contributed by atoms with Crippen LogP contribution >= 0.6 is 0 Å². The first-order chi connectivity index (χ1) is 26.7. The van der Waals surface area contributed by atoms with Gasteiger partial charge in [0.05, 0.1) is 5.56 Å². The number of nitrogens with zero attached hydrogens (tertiary/aromatic N) is 4. The number of hydrogen-bond donors (Lipinski definition) is 0. The van der Waals surface area contributed by atoms with Crippen molar-refractivity contribution in [3.8, 4) is 0 Å². The molecule has 7 rings (SSSR count). The maximum absolute atomic E-state index is 14.6.